The van der Waals surface area contributed by atoms with Crippen molar-refractivity contribution in [2.24, 2.45) is 23.2 Å². The molecule has 7 heteroatoms. The standard InChI is InChI=1S/C18H27N3O4/c1-9(8-22)19-16(24)15-13-12(18(13,3)4)7-21(15)17(25)14(11-5-6-11)20-10(2)23/h8-9,11-15H,5-7H2,1-4H3,(H,19,24)(H,20,23)/t9-,12-,13-,14-,15?/m0/s1. The largest absolute Gasteiger partial charge is 0.345 e. The zero-order valence-electron chi connectivity index (χ0n) is 15.2. The fourth-order valence-corrected chi connectivity index (χ4v) is 4.37. The molecule has 0 radical (unpaired) electrons. The molecule has 3 fully saturated rings. The molecule has 2 saturated carbocycles. The molecule has 0 bridgehead atoms. The molecule has 0 aromatic rings. The van der Waals surface area contributed by atoms with E-state index in [1.165, 1.54) is 6.92 Å². The fraction of sp³-hybridized carbons (Fsp3) is 0.778. The van der Waals surface area contributed by atoms with E-state index in [0.29, 0.717) is 12.8 Å². The zero-order chi connectivity index (χ0) is 18.5. The Morgan fingerprint density at radius 3 is 2.36 bits per heavy atom. The third-order valence-electron chi connectivity index (χ3n) is 6.05. The van der Waals surface area contributed by atoms with Crippen LogP contribution in [0.3, 0.4) is 0 Å². The zero-order valence-corrected chi connectivity index (χ0v) is 15.2. The SMILES string of the molecule is CC(=O)N[C@H](C(=O)N1C[C@H]2[C@@H](C1C(=O)N[C@@H](C)C=O)C2(C)C)C1CC1. The number of hydrogen-bond acceptors (Lipinski definition) is 4. The van der Waals surface area contributed by atoms with Gasteiger partial charge in [0.1, 0.15) is 18.4 Å². The summed E-state index contributed by atoms with van der Waals surface area (Å²) < 4.78 is 0. The maximum Gasteiger partial charge on any atom is 0.246 e. The molecule has 0 aromatic heterocycles. The van der Waals surface area contributed by atoms with Crippen LogP contribution in [0.4, 0.5) is 0 Å². The summed E-state index contributed by atoms with van der Waals surface area (Å²) in [7, 11) is 0. The van der Waals surface area contributed by atoms with Crippen LogP contribution in [0, 0.1) is 23.2 Å². The Balaban J connectivity index is 1.79. The average Bonchev–Trinajstić information content (AvgIpc) is 3.40. The molecule has 2 aliphatic carbocycles. The van der Waals surface area contributed by atoms with E-state index < -0.39 is 18.1 Å². The van der Waals surface area contributed by atoms with E-state index in [1.54, 1.807) is 11.8 Å². The molecule has 3 amide bonds. The van der Waals surface area contributed by atoms with Gasteiger partial charge in [-0.15, -0.1) is 0 Å². The molecule has 3 rings (SSSR count). The van der Waals surface area contributed by atoms with Gasteiger partial charge in [0.25, 0.3) is 0 Å². The van der Waals surface area contributed by atoms with Gasteiger partial charge in [0.2, 0.25) is 17.7 Å². The predicted molar refractivity (Wildman–Crippen MR) is 90.3 cm³/mol. The average molecular weight is 349 g/mol. The first-order valence-electron chi connectivity index (χ1n) is 9.01. The lowest BCUT2D eigenvalue weighted by molar-refractivity contribution is -0.143. The van der Waals surface area contributed by atoms with Crippen LogP contribution >= 0.6 is 0 Å². The molecule has 0 spiro atoms. The molecule has 1 aliphatic heterocycles. The molecule has 7 nitrogen and oxygen atoms in total. The number of carbonyl (C=O) groups excluding carboxylic acids is 4. The Labute approximate surface area is 147 Å². The second kappa shape index (κ2) is 6.11. The Kier molecular flexibility index (Phi) is 4.37. The van der Waals surface area contributed by atoms with Gasteiger partial charge in [-0.25, -0.2) is 0 Å². The Hall–Kier alpha value is -1.92. The lowest BCUT2D eigenvalue weighted by atomic mass is 9.99. The van der Waals surface area contributed by atoms with E-state index in [4.69, 9.17) is 0 Å². The second-order valence-electron chi connectivity index (χ2n) is 8.34. The molecule has 3 aliphatic rings. The van der Waals surface area contributed by atoms with Gasteiger partial charge in [-0.3, -0.25) is 14.4 Å². The van der Waals surface area contributed by atoms with Gasteiger partial charge in [-0.05, 0) is 42.9 Å². The van der Waals surface area contributed by atoms with E-state index in [2.05, 4.69) is 24.5 Å². The molecule has 2 N–H and O–H groups in total. The number of fused-ring (bicyclic) bond motifs is 1. The number of nitrogens with zero attached hydrogens (tertiary/aromatic N) is 1. The van der Waals surface area contributed by atoms with E-state index >= 15 is 0 Å². The topological polar surface area (TPSA) is 95.6 Å². The minimum atomic E-state index is -0.583. The van der Waals surface area contributed by atoms with Crippen molar-refractivity contribution in [3.8, 4) is 0 Å². The summed E-state index contributed by atoms with van der Waals surface area (Å²) in [6.45, 7) is 7.78. The maximum absolute atomic E-state index is 13.1. The van der Waals surface area contributed by atoms with E-state index in [-0.39, 0.29) is 40.9 Å². The van der Waals surface area contributed by atoms with Crippen molar-refractivity contribution in [3.05, 3.63) is 0 Å². The number of likely N-dealkylation sites (tertiary alicyclic amines) is 1. The van der Waals surface area contributed by atoms with Crippen molar-refractivity contribution in [1.82, 2.24) is 15.5 Å². The minimum absolute atomic E-state index is 0.0201. The molecule has 1 heterocycles. The minimum Gasteiger partial charge on any atom is -0.345 e. The molecular weight excluding hydrogens is 322 g/mol. The smallest absolute Gasteiger partial charge is 0.246 e. The lowest BCUT2D eigenvalue weighted by Crippen LogP contribution is -2.57. The first-order valence-corrected chi connectivity index (χ1v) is 9.01. The summed E-state index contributed by atoms with van der Waals surface area (Å²) in [5.41, 5.74) is 0.0201. The van der Waals surface area contributed by atoms with Crippen molar-refractivity contribution in [2.75, 3.05) is 6.54 Å². The highest BCUT2D eigenvalue weighted by atomic mass is 16.2. The quantitative estimate of drug-likeness (QED) is 0.664. The second-order valence-corrected chi connectivity index (χ2v) is 8.34. The Morgan fingerprint density at radius 2 is 1.84 bits per heavy atom. The number of nitrogens with one attached hydrogen (secondary N) is 2. The monoisotopic (exact) mass is 349 g/mol. The van der Waals surface area contributed by atoms with Crippen molar-refractivity contribution < 1.29 is 19.2 Å². The van der Waals surface area contributed by atoms with Crippen LogP contribution in [-0.4, -0.2) is 53.6 Å². The van der Waals surface area contributed by atoms with Crippen LogP contribution in [0.25, 0.3) is 0 Å². The van der Waals surface area contributed by atoms with E-state index in [9.17, 15) is 19.2 Å². The van der Waals surface area contributed by atoms with Crippen molar-refractivity contribution in [3.63, 3.8) is 0 Å². The van der Waals surface area contributed by atoms with Crippen LogP contribution in [0.15, 0.2) is 0 Å². The number of aldehydes is 1. The summed E-state index contributed by atoms with van der Waals surface area (Å²) in [5.74, 6) is -0.115. The van der Waals surface area contributed by atoms with Gasteiger partial charge in [0, 0.05) is 13.5 Å². The number of piperidine rings is 1. The predicted octanol–water partition coefficient (Wildman–Crippen LogP) is 0.0877. The van der Waals surface area contributed by atoms with Gasteiger partial charge in [-0.1, -0.05) is 13.8 Å². The highest BCUT2D eigenvalue weighted by Gasteiger charge is 2.69. The molecule has 1 saturated heterocycles. The normalized spacial score (nSPS) is 31.5. The van der Waals surface area contributed by atoms with E-state index in [1.807, 2.05) is 0 Å². The Morgan fingerprint density at radius 1 is 1.20 bits per heavy atom. The molecule has 138 valence electrons. The molecule has 5 atom stereocenters. The number of carbonyl (C=O) groups is 4. The Bertz CT molecular complexity index is 613. The first kappa shape index (κ1) is 17.9. The van der Waals surface area contributed by atoms with Gasteiger partial charge in [0.15, 0.2) is 0 Å². The third kappa shape index (κ3) is 3.16. The first-order chi connectivity index (χ1) is 11.7. The molecular formula is C18H27N3O4. The summed E-state index contributed by atoms with van der Waals surface area (Å²) >= 11 is 0. The van der Waals surface area contributed by atoms with Crippen LogP contribution < -0.4 is 10.6 Å². The molecule has 0 aromatic carbocycles. The van der Waals surface area contributed by atoms with Crippen LogP contribution in [0.2, 0.25) is 0 Å². The summed E-state index contributed by atoms with van der Waals surface area (Å²) in [5, 5.41) is 5.45. The highest BCUT2D eigenvalue weighted by Crippen LogP contribution is 2.65. The van der Waals surface area contributed by atoms with Crippen molar-refractivity contribution in [1.29, 1.82) is 0 Å². The fourth-order valence-electron chi connectivity index (χ4n) is 4.37. The van der Waals surface area contributed by atoms with Crippen LogP contribution in [0.5, 0.6) is 0 Å². The van der Waals surface area contributed by atoms with Gasteiger partial charge in [-0.2, -0.15) is 0 Å². The number of rotatable bonds is 6. The lowest BCUT2D eigenvalue weighted by Gasteiger charge is -2.33. The summed E-state index contributed by atoms with van der Waals surface area (Å²) in [4.78, 5) is 49.8. The van der Waals surface area contributed by atoms with Crippen molar-refractivity contribution in [2.45, 2.75) is 58.7 Å². The van der Waals surface area contributed by atoms with Gasteiger partial charge >= 0.3 is 0 Å². The number of amides is 3. The number of hydrogen-bond donors (Lipinski definition) is 2. The molecule has 1 unspecified atom stereocenters. The summed E-state index contributed by atoms with van der Waals surface area (Å²) in [6.07, 6.45) is 2.52. The van der Waals surface area contributed by atoms with Crippen LogP contribution in [0.1, 0.15) is 40.5 Å². The highest BCUT2D eigenvalue weighted by molar-refractivity contribution is 5.94. The van der Waals surface area contributed by atoms with Crippen LogP contribution in [-0.2, 0) is 19.2 Å². The van der Waals surface area contributed by atoms with Crippen molar-refractivity contribution >= 4 is 24.0 Å². The van der Waals surface area contributed by atoms with E-state index in [0.717, 1.165) is 12.8 Å². The maximum atomic E-state index is 13.1. The summed E-state index contributed by atoms with van der Waals surface area (Å²) in [6, 6.07) is -1.69. The molecule has 25 heavy (non-hydrogen) atoms. The van der Waals surface area contributed by atoms with Gasteiger partial charge < -0.3 is 20.3 Å². The third-order valence-corrected chi connectivity index (χ3v) is 6.05. The van der Waals surface area contributed by atoms with Gasteiger partial charge in [0.05, 0.1) is 6.04 Å².